The minimum Gasteiger partial charge on any atom is -0.309 e. The van der Waals surface area contributed by atoms with Crippen LogP contribution in [0.4, 0.5) is 4.39 Å². The molecular formula is C14H21FIN. The maximum absolute atomic E-state index is 13.1. The first-order chi connectivity index (χ1) is 7.86. The molecule has 0 saturated carbocycles. The molecule has 1 aromatic rings. The molecule has 0 aromatic heterocycles. The molecule has 0 aliphatic rings. The van der Waals surface area contributed by atoms with E-state index in [1.54, 1.807) is 12.1 Å². The van der Waals surface area contributed by atoms with Crippen molar-refractivity contribution in [3.8, 4) is 0 Å². The summed E-state index contributed by atoms with van der Waals surface area (Å²) in [6.45, 7) is 9.76. The Morgan fingerprint density at radius 2 is 2.00 bits per heavy atom. The van der Waals surface area contributed by atoms with Crippen molar-refractivity contribution in [1.29, 1.82) is 0 Å². The molecule has 0 amide bonds. The molecule has 0 saturated heterocycles. The lowest BCUT2D eigenvalue weighted by Crippen LogP contribution is -2.33. The lowest BCUT2D eigenvalue weighted by Gasteiger charge is -2.33. The zero-order valence-corrected chi connectivity index (χ0v) is 13.1. The van der Waals surface area contributed by atoms with Crippen molar-refractivity contribution in [3.63, 3.8) is 0 Å². The van der Waals surface area contributed by atoms with E-state index in [0.29, 0.717) is 0 Å². The quantitative estimate of drug-likeness (QED) is 0.789. The Balaban J connectivity index is 3.04. The van der Waals surface area contributed by atoms with Crippen LogP contribution in [0.15, 0.2) is 18.2 Å². The second-order valence-corrected chi connectivity index (χ2v) is 6.58. The van der Waals surface area contributed by atoms with Crippen LogP contribution < -0.4 is 5.32 Å². The topological polar surface area (TPSA) is 12.0 Å². The van der Waals surface area contributed by atoms with Gasteiger partial charge in [0.25, 0.3) is 0 Å². The fourth-order valence-electron chi connectivity index (χ4n) is 1.91. The first kappa shape index (κ1) is 14.9. The number of hydrogen-bond acceptors (Lipinski definition) is 1. The third-order valence-electron chi connectivity index (χ3n) is 2.74. The van der Waals surface area contributed by atoms with E-state index in [9.17, 15) is 4.39 Å². The van der Waals surface area contributed by atoms with Crippen molar-refractivity contribution < 1.29 is 4.39 Å². The second-order valence-electron chi connectivity index (χ2n) is 5.42. The maximum atomic E-state index is 13.1. The van der Waals surface area contributed by atoms with Crippen molar-refractivity contribution in [1.82, 2.24) is 5.32 Å². The van der Waals surface area contributed by atoms with E-state index in [-0.39, 0.29) is 17.3 Å². The first-order valence-electron chi connectivity index (χ1n) is 6.04. The number of benzene rings is 1. The van der Waals surface area contributed by atoms with Crippen LogP contribution in [0.5, 0.6) is 0 Å². The highest BCUT2D eigenvalue weighted by atomic mass is 127. The van der Waals surface area contributed by atoms with Gasteiger partial charge in [0.1, 0.15) is 5.82 Å². The summed E-state index contributed by atoms with van der Waals surface area (Å²) in [5.41, 5.74) is 1.31. The van der Waals surface area contributed by atoms with E-state index in [2.05, 4.69) is 55.6 Å². The summed E-state index contributed by atoms with van der Waals surface area (Å²) in [5, 5.41) is 3.56. The van der Waals surface area contributed by atoms with Crippen molar-refractivity contribution in [2.24, 2.45) is 5.41 Å². The normalized spacial score (nSPS) is 13.8. The molecule has 0 aliphatic carbocycles. The highest BCUT2D eigenvalue weighted by Gasteiger charge is 2.27. The van der Waals surface area contributed by atoms with Gasteiger partial charge in [-0.25, -0.2) is 4.39 Å². The van der Waals surface area contributed by atoms with Gasteiger partial charge in [-0.2, -0.15) is 0 Å². The Hall–Kier alpha value is -0.160. The molecule has 3 heteroatoms. The Morgan fingerprint density at radius 3 is 2.47 bits per heavy atom. The van der Waals surface area contributed by atoms with E-state index in [0.717, 1.165) is 16.5 Å². The number of nitrogens with one attached hydrogen (secondary N) is 1. The molecule has 0 spiro atoms. The summed E-state index contributed by atoms with van der Waals surface area (Å²) in [6, 6.07) is 5.30. The van der Waals surface area contributed by atoms with Gasteiger partial charge in [0.2, 0.25) is 0 Å². The Kier molecular flexibility index (Phi) is 5.38. The smallest absolute Gasteiger partial charge is 0.124 e. The standard InChI is InChI=1S/C14H21FIN/c1-5-8-17-13(14(2,3)4)11-7-6-10(15)9-12(11)16/h6-7,9,13,17H,5,8H2,1-4H3. The molecule has 0 bridgehead atoms. The van der Waals surface area contributed by atoms with E-state index in [4.69, 9.17) is 0 Å². The molecule has 0 radical (unpaired) electrons. The Labute approximate surface area is 117 Å². The maximum Gasteiger partial charge on any atom is 0.124 e. The summed E-state index contributed by atoms with van der Waals surface area (Å²) in [6.07, 6.45) is 1.10. The van der Waals surface area contributed by atoms with Gasteiger partial charge in [0.15, 0.2) is 0 Å². The number of halogens is 2. The molecular weight excluding hydrogens is 328 g/mol. The first-order valence-corrected chi connectivity index (χ1v) is 7.12. The van der Waals surface area contributed by atoms with E-state index < -0.39 is 0 Å². The van der Waals surface area contributed by atoms with E-state index in [1.807, 2.05) is 6.07 Å². The molecule has 1 aromatic carbocycles. The van der Waals surface area contributed by atoms with Crippen LogP contribution >= 0.6 is 22.6 Å². The van der Waals surface area contributed by atoms with Crippen LogP contribution in [-0.2, 0) is 0 Å². The van der Waals surface area contributed by atoms with Gasteiger partial charge < -0.3 is 5.32 Å². The molecule has 1 unspecified atom stereocenters. The fourth-order valence-corrected chi connectivity index (χ4v) is 2.70. The SMILES string of the molecule is CCCNC(c1ccc(F)cc1I)C(C)(C)C. The zero-order valence-electron chi connectivity index (χ0n) is 11.0. The number of rotatable bonds is 4. The highest BCUT2D eigenvalue weighted by molar-refractivity contribution is 14.1. The zero-order chi connectivity index (χ0) is 13.1. The Bertz CT molecular complexity index is 371. The van der Waals surface area contributed by atoms with Gasteiger partial charge >= 0.3 is 0 Å². The van der Waals surface area contributed by atoms with Crippen LogP contribution in [0.3, 0.4) is 0 Å². The van der Waals surface area contributed by atoms with Gasteiger partial charge in [0, 0.05) is 9.61 Å². The summed E-state index contributed by atoms with van der Waals surface area (Å²) in [5.74, 6) is -0.165. The minimum absolute atomic E-state index is 0.118. The molecule has 17 heavy (non-hydrogen) atoms. The Morgan fingerprint density at radius 1 is 1.35 bits per heavy atom. The van der Waals surface area contributed by atoms with Gasteiger partial charge in [-0.15, -0.1) is 0 Å². The van der Waals surface area contributed by atoms with E-state index >= 15 is 0 Å². The average molecular weight is 349 g/mol. The van der Waals surface area contributed by atoms with Crippen molar-refractivity contribution in [2.45, 2.75) is 40.2 Å². The third-order valence-corrected chi connectivity index (χ3v) is 3.67. The van der Waals surface area contributed by atoms with Crippen molar-refractivity contribution in [3.05, 3.63) is 33.1 Å². The predicted molar refractivity (Wildman–Crippen MR) is 79.6 cm³/mol. The molecule has 1 nitrogen and oxygen atoms in total. The van der Waals surface area contributed by atoms with Crippen LogP contribution in [-0.4, -0.2) is 6.54 Å². The molecule has 0 heterocycles. The monoisotopic (exact) mass is 349 g/mol. The molecule has 96 valence electrons. The summed E-state index contributed by atoms with van der Waals surface area (Å²) in [7, 11) is 0. The fraction of sp³-hybridized carbons (Fsp3) is 0.571. The molecule has 1 rings (SSSR count). The lowest BCUT2D eigenvalue weighted by atomic mass is 9.82. The third kappa shape index (κ3) is 4.21. The highest BCUT2D eigenvalue weighted by Crippen LogP contribution is 2.35. The molecule has 1 atom stereocenters. The van der Waals surface area contributed by atoms with Gasteiger partial charge in [-0.05, 0) is 58.7 Å². The van der Waals surface area contributed by atoms with Gasteiger partial charge in [-0.1, -0.05) is 33.8 Å². The number of hydrogen-bond donors (Lipinski definition) is 1. The summed E-state index contributed by atoms with van der Waals surface area (Å²) in [4.78, 5) is 0. The largest absolute Gasteiger partial charge is 0.309 e. The van der Waals surface area contributed by atoms with Crippen LogP contribution in [0.25, 0.3) is 0 Å². The van der Waals surface area contributed by atoms with Gasteiger partial charge in [-0.3, -0.25) is 0 Å². The van der Waals surface area contributed by atoms with Crippen molar-refractivity contribution >= 4 is 22.6 Å². The lowest BCUT2D eigenvalue weighted by molar-refractivity contribution is 0.272. The average Bonchev–Trinajstić information content (AvgIpc) is 2.19. The van der Waals surface area contributed by atoms with Crippen molar-refractivity contribution in [2.75, 3.05) is 6.54 Å². The van der Waals surface area contributed by atoms with Crippen LogP contribution in [0.1, 0.15) is 45.7 Å². The van der Waals surface area contributed by atoms with E-state index in [1.165, 1.54) is 5.56 Å². The summed E-state index contributed by atoms with van der Waals surface area (Å²) < 4.78 is 14.1. The van der Waals surface area contributed by atoms with Gasteiger partial charge in [0.05, 0.1) is 0 Å². The second kappa shape index (κ2) is 6.14. The summed E-state index contributed by atoms with van der Waals surface area (Å²) >= 11 is 2.21. The predicted octanol–water partition coefficient (Wildman–Crippen LogP) is 4.52. The molecule has 0 aliphatic heterocycles. The minimum atomic E-state index is -0.165. The van der Waals surface area contributed by atoms with Crippen LogP contribution in [0, 0.1) is 14.8 Å². The van der Waals surface area contributed by atoms with Crippen LogP contribution in [0.2, 0.25) is 0 Å². The molecule has 0 fully saturated rings. The molecule has 1 N–H and O–H groups in total.